The fourth-order valence-corrected chi connectivity index (χ4v) is 3.90. The van der Waals surface area contributed by atoms with Gasteiger partial charge in [-0.25, -0.2) is 12.7 Å². The number of hydrogen-bond donors (Lipinski definition) is 0. The third kappa shape index (κ3) is 3.90. The molecule has 0 aromatic carbocycles. The van der Waals surface area contributed by atoms with E-state index in [1.807, 2.05) is 6.92 Å². The van der Waals surface area contributed by atoms with E-state index in [0.29, 0.717) is 19.0 Å². The minimum absolute atomic E-state index is 0.0293. The quantitative estimate of drug-likeness (QED) is 0.733. The Morgan fingerprint density at radius 1 is 1.31 bits per heavy atom. The van der Waals surface area contributed by atoms with E-state index in [9.17, 15) is 8.42 Å². The fraction of sp³-hybridized carbons (Fsp3) is 1.00. The Kier molecular flexibility index (Phi) is 4.66. The summed E-state index contributed by atoms with van der Waals surface area (Å²) in [5.41, 5.74) is 0.282. The number of sulfonamides is 1. The van der Waals surface area contributed by atoms with Crippen LogP contribution in [0.3, 0.4) is 0 Å². The maximum atomic E-state index is 12.0. The highest BCUT2D eigenvalue weighted by Gasteiger charge is 2.32. The van der Waals surface area contributed by atoms with Crippen molar-refractivity contribution in [1.29, 1.82) is 0 Å². The van der Waals surface area contributed by atoms with Gasteiger partial charge in [-0.1, -0.05) is 20.8 Å². The zero-order chi connectivity index (χ0) is 12.4. The Hall–Kier alpha value is 0.200. The molecule has 3 nitrogen and oxygen atoms in total. The first-order chi connectivity index (χ1) is 7.27. The van der Waals surface area contributed by atoms with Gasteiger partial charge in [-0.05, 0) is 24.2 Å². The molecule has 0 spiro atoms. The number of piperidine rings is 1. The van der Waals surface area contributed by atoms with Gasteiger partial charge in [0.05, 0.1) is 5.75 Å². The van der Waals surface area contributed by atoms with Crippen LogP contribution in [0.4, 0.5) is 0 Å². The van der Waals surface area contributed by atoms with E-state index in [1.165, 1.54) is 0 Å². The first kappa shape index (κ1) is 14.3. The topological polar surface area (TPSA) is 37.4 Å². The Balaban J connectivity index is 2.58. The Labute approximate surface area is 104 Å². The van der Waals surface area contributed by atoms with Gasteiger partial charge in [0.25, 0.3) is 0 Å². The van der Waals surface area contributed by atoms with Gasteiger partial charge >= 0.3 is 0 Å². The third-order valence-corrected chi connectivity index (χ3v) is 5.90. The van der Waals surface area contributed by atoms with E-state index in [-0.39, 0.29) is 17.1 Å². The lowest BCUT2D eigenvalue weighted by atomic mass is 9.83. The molecular weight excluding hydrogens is 246 g/mol. The smallest absolute Gasteiger partial charge is 0.212 e. The zero-order valence-electron chi connectivity index (χ0n) is 10.4. The van der Waals surface area contributed by atoms with Gasteiger partial charge in [0.15, 0.2) is 0 Å². The second kappa shape index (κ2) is 5.23. The molecule has 1 saturated heterocycles. The lowest BCUT2D eigenvalue weighted by Crippen LogP contribution is -2.43. The molecule has 5 heteroatoms. The monoisotopic (exact) mass is 267 g/mol. The van der Waals surface area contributed by atoms with Crippen LogP contribution in [0.1, 0.15) is 33.6 Å². The van der Waals surface area contributed by atoms with Crippen LogP contribution in [0.25, 0.3) is 0 Å². The van der Waals surface area contributed by atoms with E-state index >= 15 is 0 Å². The van der Waals surface area contributed by atoms with Crippen LogP contribution in [0, 0.1) is 11.3 Å². The van der Waals surface area contributed by atoms with Crippen LogP contribution >= 0.6 is 11.6 Å². The number of hydrogen-bond acceptors (Lipinski definition) is 2. The number of halogens is 1. The summed E-state index contributed by atoms with van der Waals surface area (Å²) in [5, 5.41) is 0. The van der Waals surface area contributed by atoms with Crippen LogP contribution < -0.4 is 0 Å². The summed E-state index contributed by atoms with van der Waals surface area (Å²) in [7, 11) is -3.10. The minimum Gasteiger partial charge on any atom is -0.212 e. The average Bonchev–Trinajstić information content (AvgIpc) is 2.16. The van der Waals surface area contributed by atoms with Crippen LogP contribution in [0.2, 0.25) is 0 Å². The first-order valence-corrected chi connectivity index (χ1v) is 7.95. The Bertz CT molecular complexity index is 317. The van der Waals surface area contributed by atoms with Gasteiger partial charge in [-0.2, -0.15) is 0 Å². The van der Waals surface area contributed by atoms with Crippen molar-refractivity contribution >= 4 is 21.6 Å². The number of nitrogens with zero attached hydrogens (tertiary/aromatic N) is 1. The molecule has 1 aliphatic rings. The summed E-state index contributed by atoms with van der Waals surface area (Å²) in [6.45, 7) is 7.57. The fourth-order valence-electron chi connectivity index (χ4n) is 1.88. The molecule has 1 unspecified atom stereocenters. The normalized spacial score (nSPS) is 24.2. The molecule has 16 heavy (non-hydrogen) atoms. The minimum atomic E-state index is -3.10. The summed E-state index contributed by atoms with van der Waals surface area (Å²) in [6, 6.07) is 0. The molecule has 1 heterocycles. The Morgan fingerprint density at radius 3 is 2.25 bits per heavy atom. The van der Waals surface area contributed by atoms with E-state index in [2.05, 4.69) is 13.8 Å². The molecule has 1 fully saturated rings. The van der Waals surface area contributed by atoms with E-state index in [1.54, 1.807) is 4.31 Å². The van der Waals surface area contributed by atoms with Crippen molar-refractivity contribution in [2.24, 2.45) is 11.3 Å². The average molecular weight is 268 g/mol. The van der Waals surface area contributed by atoms with Gasteiger partial charge in [-0.15, -0.1) is 11.6 Å². The molecular formula is C11H22ClNO2S. The van der Waals surface area contributed by atoms with Crippen molar-refractivity contribution < 1.29 is 8.42 Å². The van der Waals surface area contributed by atoms with Gasteiger partial charge in [0.2, 0.25) is 10.0 Å². The molecule has 0 aliphatic carbocycles. The molecule has 0 saturated carbocycles. The van der Waals surface area contributed by atoms with Crippen molar-refractivity contribution in [1.82, 2.24) is 4.31 Å². The van der Waals surface area contributed by atoms with Crippen LogP contribution in [0.5, 0.6) is 0 Å². The van der Waals surface area contributed by atoms with Gasteiger partial charge < -0.3 is 0 Å². The standard InChI is InChI=1S/C11H22ClNO2S/c1-10(8-12)9-16(14,15)13-6-4-11(2,3)5-7-13/h10H,4-9H2,1-3H3. The molecule has 0 radical (unpaired) electrons. The zero-order valence-corrected chi connectivity index (χ0v) is 11.9. The van der Waals surface area contributed by atoms with E-state index < -0.39 is 10.0 Å². The summed E-state index contributed by atoms with van der Waals surface area (Å²) in [4.78, 5) is 0. The highest BCUT2D eigenvalue weighted by molar-refractivity contribution is 7.89. The summed E-state index contributed by atoms with van der Waals surface area (Å²) >= 11 is 5.66. The maximum absolute atomic E-state index is 12.0. The first-order valence-electron chi connectivity index (χ1n) is 5.81. The summed E-state index contributed by atoms with van der Waals surface area (Å²) in [6.07, 6.45) is 1.89. The van der Waals surface area contributed by atoms with Gasteiger partial charge in [0, 0.05) is 19.0 Å². The number of alkyl halides is 1. The Morgan fingerprint density at radius 2 is 1.81 bits per heavy atom. The lowest BCUT2D eigenvalue weighted by Gasteiger charge is -2.36. The van der Waals surface area contributed by atoms with Crippen LogP contribution in [0.15, 0.2) is 0 Å². The van der Waals surface area contributed by atoms with E-state index in [0.717, 1.165) is 12.8 Å². The van der Waals surface area contributed by atoms with Crippen molar-refractivity contribution in [3.05, 3.63) is 0 Å². The molecule has 1 rings (SSSR count). The van der Waals surface area contributed by atoms with Crippen molar-refractivity contribution in [3.8, 4) is 0 Å². The largest absolute Gasteiger partial charge is 0.214 e. The maximum Gasteiger partial charge on any atom is 0.214 e. The molecule has 96 valence electrons. The van der Waals surface area contributed by atoms with Crippen LogP contribution in [-0.4, -0.2) is 37.4 Å². The molecule has 0 aromatic heterocycles. The van der Waals surface area contributed by atoms with Crippen molar-refractivity contribution in [2.45, 2.75) is 33.6 Å². The predicted molar refractivity (Wildman–Crippen MR) is 68.3 cm³/mol. The number of rotatable bonds is 4. The van der Waals surface area contributed by atoms with E-state index in [4.69, 9.17) is 11.6 Å². The molecule has 0 aromatic rings. The molecule has 0 bridgehead atoms. The predicted octanol–water partition coefficient (Wildman–Crippen LogP) is 2.31. The van der Waals surface area contributed by atoms with Gasteiger partial charge in [-0.3, -0.25) is 0 Å². The van der Waals surface area contributed by atoms with Crippen LogP contribution in [-0.2, 0) is 10.0 Å². The van der Waals surface area contributed by atoms with Gasteiger partial charge in [0.1, 0.15) is 0 Å². The highest BCUT2D eigenvalue weighted by Crippen LogP contribution is 2.31. The molecule has 0 N–H and O–H groups in total. The molecule has 1 aliphatic heterocycles. The lowest BCUT2D eigenvalue weighted by molar-refractivity contribution is 0.195. The van der Waals surface area contributed by atoms with Crippen molar-refractivity contribution in [2.75, 3.05) is 24.7 Å². The molecule has 0 amide bonds. The second-order valence-corrected chi connectivity index (χ2v) is 7.92. The highest BCUT2D eigenvalue weighted by atomic mass is 35.5. The molecule has 1 atom stereocenters. The second-order valence-electron chi connectivity index (χ2n) is 5.60. The summed E-state index contributed by atoms with van der Waals surface area (Å²) in [5.74, 6) is 0.608. The summed E-state index contributed by atoms with van der Waals surface area (Å²) < 4.78 is 25.7. The van der Waals surface area contributed by atoms with Crippen molar-refractivity contribution in [3.63, 3.8) is 0 Å². The third-order valence-electron chi connectivity index (χ3n) is 3.23. The SMILES string of the molecule is CC(CCl)CS(=O)(=O)N1CCC(C)(C)CC1.